The fourth-order valence-corrected chi connectivity index (χ4v) is 8.55. The van der Waals surface area contributed by atoms with E-state index in [0.29, 0.717) is 0 Å². The van der Waals surface area contributed by atoms with E-state index in [2.05, 4.69) is 172 Å². The van der Waals surface area contributed by atoms with Gasteiger partial charge in [0, 0.05) is 38.7 Å². The van der Waals surface area contributed by atoms with E-state index in [1.54, 1.807) is 0 Å². The van der Waals surface area contributed by atoms with E-state index in [1.807, 2.05) is 0 Å². The summed E-state index contributed by atoms with van der Waals surface area (Å²) in [7, 11) is 0. The number of benzene rings is 6. The van der Waals surface area contributed by atoms with Gasteiger partial charge in [-0.1, -0.05) is 100 Å². The molecule has 1 aromatic heterocycles. The molecule has 2 aliphatic heterocycles. The number of para-hydroxylation sites is 2. The number of anilines is 3. The van der Waals surface area contributed by atoms with Crippen molar-refractivity contribution in [1.29, 1.82) is 0 Å². The highest BCUT2D eigenvalue weighted by Gasteiger charge is 2.43. The Hall–Kier alpha value is -5.08. The molecule has 46 heavy (non-hydrogen) atoms. The largest absolute Gasteiger partial charge is 0.310 e. The third-order valence-electron chi connectivity index (χ3n) is 10.7. The second kappa shape index (κ2) is 9.23. The van der Waals surface area contributed by atoms with Crippen LogP contribution < -0.4 is 4.90 Å². The smallest absolute Gasteiger partial charge is 0.0583 e. The topological polar surface area (TPSA) is 8.17 Å². The normalized spacial score (nSPS) is 15.1. The molecule has 0 unspecified atom stereocenters. The molecule has 3 heterocycles. The van der Waals surface area contributed by atoms with Crippen LogP contribution in [-0.4, -0.2) is 4.57 Å². The van der Waals surface area contributed by atoms with Gasteiger partial charge in [-0.25, -0.2) is 0 Å². The van der Waals surface area contributed by atoms with Gasteiger partial charge in [0.25, 0.3) is 0 Å². The van der Waals surface area contributed by atoms with Crippen molar-refractivity contribution in [2.45, 2.75) is 52.4 Å². The molecule has 0 radical (unpaired) electrons. The van der Waals surface area contributed by atoms with Gasteiger partial charge in [-0.2, -0.15) is 0 Å². The molecular weight excluding hydrogens is 556 g/mol. The third-order valence-corrected chi connectivity index (χ3v) is 10.7. The molecule has 2 aliphatic rings. The zero-order chi connectivity index (χ0) is 31.5. The molecule has 0 aliphatic carbocycles. The Kier molecular flexibility index (Phi) is 5.47. The number of aryl methyl sites for hydroxylation is 2. The van der Waals surface area contributed by atoms with Gasteiger partial charge < -0.3 is 9.47 Å². The number of hydrogen-bond acceptors (Lipinski definition) is 1. The van der Waals surface area contributed by atoms with Crippen LogP contribution in [0.4, 0.5) is 17.1 Å². The van der Waals surface area contributed by atoms with Gasteiger partial charge in [0.05, 0.1) is 16.7 Å². The van der Waals surface area contributed by atoms with Crippen LogP contribution in [0.2, 0.25) is 0 Å². The first kappa shape index (κ1) is 27.2. The van der Waals surface area contributed by atoms with Crippen molar-refractivity contribution in [3.63, 3.8) is 0 Å². The SMILES string of the molecule is Cc1cc(C)cc(N(c2ccccc2)c2cc3c4c(c2)c2cc(-c5ccccc5)cc5c2n4-c2c(cccc2C3(C)C)C5(C)C)c1. The Morgan fingerprint density at radius 2 is 1.00 bits per heavy atom. The summed E-state index contributed by atoms with van der Waals surface area (Å²) in [6.07, 6.45) is 0. The second-order valence-electron chi connectivity index (χ2n) is 14.5. The summed E-state index contributed by atoms with van der Waals surface area (Å²) in [5.74, 6) is 0. The summed E-state index contributed by atoms with van der Waals surface area (Å²) < 4.78 is 2.62. The quantitative estimate of drug-likeness (QED) is 0.197. The molecule has 0 N–H and O–H groups in total. The van der Waals surface area contributed by atoms with Crippen LogP contribution in [0.15, 0.2) is 121 Å². The van der Waals surface area contributed by atoms with Crippen LogP contribution in [0.5, 0.6) is 0 Å². The van der Waals surface area contributed by atoms with Gasteiger partial charge >= 0.3 is 0 Å². The van der Waals surface area contributed by atoms with Crippen molar-refractivity contribution in [2.75, 3.05) is 4.90 Å². The zero-order valence-corrected chi connectivity index (χ0v) is 27.4. The van der Waals surface area contributed by atoms with Gasteiger partial charge in [-0.15, -0.1) is 0 Å². The number of hydrogen-bond donors (Lipinski definition) is 0. The van der Waals surface area contributed by atoms with Crippen molar-refractivity contribution in [2.24, 2.45) is 0 Å². The predicted molar refractivity (Wildman–Crippen MR) is 195 cm³/mol. The molecule has 0 spiro atoms. The Labute approximate surface area is 271 Å². The van der Waals surface area contributed by atoms with Crippen molar-refractivity contribution in [1.82, 2.24) is 4.57 Å². The van der Waals surface area contributed by atoms with Crippen molar-refractivity contribution in [3.05, 3.63) is 155 Å². The van der Waals surface area contributed by atoms with E-state index in [-0.39, 0.29) is 10.8 Å². The van der Waals surface area contributed by atoms with Gasteiger partial charge in [-0.05, 0) is 107 Å². The highest BCUT2D eigenvalue weighted by Crippen LogP contribution is 2.57. The monoisotopic (exact) mass is 594 g/mol. The van der Waals surface area contributed by atoms with Crippen molar-refractivity contribution in [3.8, 4) is 16.8 Å². The van der Waals surface area contributed by atoms with Gasteiger partial charge in [0.2, 0.25) is 0 Å². The first-order valence-electron chi connectivity index (χ1n) is 16.4. The molecule has 0 saturated carbocycles. The van der Waals surface area contributed by atoms with E-state index in [0.717, 1.165) is 5.69 Å². The number of aromatic nitrogens is 1. The molecule has 224 valence electrons. The van der Waals surface area contributed by atoms with Crippen molar-refractivity contribution < 1.29 is 0 Å². The molecule has 9 rings (SSSR count). The summed E-state index contributed by atoms with van der Waals surface area (Å²) >= 11 is 0. The molecule has 7 aromatic rings. The minimum atomic E-state index is -0.190. The van der Waals surface area contributed by atoms with E-state index in [1.165, 1.54) is 83.4 Å². The molecule has 0 atom stereocenters. The maximum Gasteiger partial charge on any atom is 0.0583 e. The average molecular weight is 595 g/mol. The van der Waals surface area contributed by atoms with Crippen LogP contribution in [0, 0.1) is 13.8 Å². The molecule has 0 bridgehead atoms. The van der Waals surface area contributed by atoms with Gasteiger partial charge in [-0.3, -0.25) is 0 Å². The Morgan fingerprint density at radius 3 is 1.63 bits per heavy atom. The third kappa shape index (κ3) is 3.59. The standard InChI is InChI=1S/C44H38N2/c1-27-20-28(2)22-32(21-27)45(31-16-11-8-12-17-31)33-25-35-34-23-30(29-14-9-7-10-15-29)24-38-40(34)46-41(35)39(26-33)44(5,6)37-19-13-18-36(42(37)46)43(38,3)4/h7-26H,1-6H3. The molecular formula is C44H38N2. The molecule has 0 fully saturated rings. The molecule has 6 aromatic carbocycles. The minimum Gasteiger partial charge on any atom is -0.310 e. The lowest BCUT2D eigenvalue weighted by molar-refractivity contribution is 0.594. The Bertz CT molecular complexity index is 2350. The lowest BCUT2D eigenvalue weighted by Crippen LogP contribution is -2.33. The second-order valence-corrected chi connectivity index (χ2v) is 14.5. The predicted octanol–water partition coefficient (Wildman–Crippen LogP) is 11.8. The van der Waals surface area contributed by atoms with E-state index >= 15 is 0 Å². The van der Waals surface area contributed by atoms with Crippen LogP contribution in [0.25, 0.3) is 38.6 Å². The zero-order valence-electron chi connectivity index (χ0n) is 27.4. The fourth-order valence-electron chi connectivity index (χ4n) is 8.55. The average Bonchev–Trinajstić information content (AvgIpc) is 3.37. The first-order chi connectivity index (χ1) is 22.1. The number of nitrogens with zero attached hydrogens (tertiary/aromatic N) is 2. The van der Waals surface area contributed by atoms with Crippen LogP contribution >= 0.6 is 0 Å². The van der Waals surface area contributed by atoms with Crippen molar-refractivity contribution >= 4 is 38.9 Å². The maximum atomic E-state index is 2.62. The van der Waals surface area contributed by atoms with Gasteiger partial charge in [0.15, 0.2) is 0 Å². The molecule has 2 heteroatoms. The number of rotatable bonds is 4. The lowest BCUT2D eigenvalue weighted by Gasteiger charge is -2.42. The van der Waals surface area contributed by atoms with Crippen LogP contribution in [-0.2, 0) is 10.8 Å². The maximum absolute atomic E-state index is 2.62. The van der Waals surface area contributed by atoms with E-state index < -0.39 is 0 Å². The highest BCUT2D eigenvalue weighted by molar-refractivity contribution is 6.16. The molecule has 0 amide bonds. The summed E-state index contributed by atoms with van der Waals surface area (Å²) in [5, 5.41) is 2.65. The Morgan fingerprint density at radius 1 is 0.457 bits per heavy atom. The highest BCUT2D eigenvalue weighted by atomic mass is 15.1. The summed E-state index contributed by atoms with van der Waals surface area (Å²) in [4.78, 5) is 2.45. The van der Waals surface area contributed by atoms with Crippen LogP contribution in [0.1, 0.15) is 61.1 Å². The molecule has 0 saturated heterocycles. The summed E-state index contributed by atoms with van der Waals surface area (Å²) in [6, 6.07) is 45.5. The Balaban J connectivity index is 1.46. The first-order valence-corrected chi connectivity index (χ1v) is 16.4. The van der Waals surface area contributed by atoms with Gasteiger partial charge in [0.1, 0.15) is 0 Å². The fraction of sp³-hybridized carbons (Fsp3) is 0.182. The summed E-state index contributed by atoms with van der Waals surface area (Å²) in [6.45, 7) is 14.1. The molecule has 2 nitrogen and oxygen atoms in total. The lowest BCUT2D eigenvalue weighted by atomic mass is 9.68. The van der Waals surface area contributed by atoms with Crippen LogP contribution in [0.3, 0.4) is 0 Å². The van der Waals surface area contributed by atoms with E-state index in [4.69, 9.17) is 0 Å². The number of fused-ring (bicyclic) bond motifs is 1. The summed E-state index contributed by atoms with van der Waals surface area (Å²) in [5.41, 5.74) is 17.9. The van der Waals surface area contributed by atoms with E-state index in [9.17, 15) is 0 Å². The minimum absolute atomic E-state index is 0.148.